The summed E-state index contributed by atoms with van der Waals surface area (Å²) >= 11 is 0. The van der Waals surface area contributed by atoms with E-state index in [4.69, 9.17) is 0 Å². The van der Waals surface area contributed by atoms with Crippen LogP contribution in [0.2, 0.25) is 0 Å². The van der Waals surface area contributed by atoms with E-state index in [1.807, 2.05) is 100 Å². The highest BCUT2D eigenvalue weighted by Gasteiger charge is 2.20. The number of hydrogen-bond acceptors (Lipinski definition) is 6. The van der Waals surface area contributed by atoms with Crippen LogP contribution in [0.4, 0.5) is 11.4 Å². The molecule has 1 aromatic heterocycles. The summed E-state index contributed by atoms with van der Waals surface area (Å²) in [5.74, 6) is -0.914. The van der Waals surface area contributed by atoms with Crippen molar-refractivity contribution in [3.63, 3.8) is 0 Å². The minimum Gasteiger partial charge on any atom is -0.299 e. The second-order valence-electron chi connectivity index (χ2n) is 10.8. The lowest BCUT2D eigenvalue weighted by molar-refractivity contribution is -0.116. The standard InChI is InChI=1S/C35H34N4O3S/c1-24-9-12-29(13-10-24)35-22-27(4)38-39(35)31-16-19-33(20-17-31)43(41,42)23-32(40)18-14-28-7-5-6-8-34(28)37-36-30-15-11-25(2)26(3)21-30/h5-13,15-17,19-22H,14,18,23H2,1-4H3. The molecule has 8 heteroatoms. The molecule has 0 aliphatic carbocycles. The van der Waals surface area contributed by atoms with Gasteiger partial charge in [0, 0.05) is 12.0 Å². The zero-order valence-electron chi connectivity index (χ0n) is 24.8. The summed E-state index contributed by atoms with van der Waals surface area (Å²) in [5.41, 5.74) is 9.25. The van der Waals surface area contributed by atoms with E-state index in [1.54, 1.807) is 16.8 Å². The number of azo groups is 1. The van der Waals surface area contributed by atoms with Crippen LogP contribution in [0, 0.1) is 27.7 Å². The summed E-state index contributed by atoms with van der Waals surface area (Å²) in [7, 11) is -3.81. The summed E-state index contributed by atoms with van der Waals surface area (Å²) < 4.78 is 28.1. The summed E-state index contributed by atoms with van der Waals surface area (Å²) in [6, 6.07) is 30.0. The zero-order chi connectivity index (χ0) is 30.6. The lowest BCUT2D eigenvalue weighted by Crippen LogP contribution is -2.17. The normalized spacial score (nSPS) is 11.7. The van der Waals surface area contributed by atoms with Gasteiger partial charge in [-0.2, -0.15) is 15.3 Å². The zero-order valence-corrected chi connectivity index (χ0v) is 25.6. The molecule has 4 aromatic carbocycles. The topological polar surface area (TPSA) is 93.8 Å². The van der Waals surface area contributed by atoms with Gasteiger partial charge in [-0.15, -0.1) is 0 Å². The van der Waals surface area contributed by atoms with Gasteiger partial charge >= 0.3 is 0 Å². The minimum absolute atomic E-state index is 0.0833. The van der Waals surface area contributed by atoms with Crippen LogP contribution < -0.4 is 0 Å². The molecule has 0 saturated heterocycles. The number of nitrogens with zero attached hydrogens (tertiary/aromatic N) is 4. The fraction of sp³-hybridized carbons (Fsp3) is 0.200. The summed E-state index contributed by atoms with van der Waals surface area (Å²) in [5, 5.41) is 13.4. The van der Waals surface area contributed by atoms with Crippen molar-refractivity contribution in [1.82, 2.24) is 9.78 Å². The quantitative estimate of drug-likeness (QED) is 0.153. The Morgan fingerprint density at radius 1 is 0.791 bits per heavy atom. The Morgan fingerprint density at radius 2 is 1.51 bits per heavy atom. The van der Waals surface area contributed by atoms with E-state index in [9.17, 15) is 13.2 Å². The molecule has 0 radical (unpaired) electrons. The van der Waals surface area contributed by atoms with Crippen LogP contribution in [0.15, 0.2) is 112 Å². The molecule has 0 N–H and O–H groups in total. The van der Waals surface area contributed by atoms with E-state index in [1.165, 1.54) is 23.3 Å². The Kier molecular flexibility index (Phi) is 8.78. The van der Waals surface area contributed by atoms with E-state index in [2.05, 4.69) is 15.3 Å². The average Bonchev–Trinajstić information content (AvgIpc) is 3.38. The van der Waals surface area contributed by atoms with Crippen LogP contribution in [-0.4, -0.2) is 29.7 Å². The number of hydrogen-bond donors (Lipinski definition) is 0. The number of carbonyl (C=O) groups excluding carboxylic acids is 1. The molecule has 1 heterocycles. The Morgan fingerprint density at radius 3 is 2.23 bits per heavy atom. The van der Waals surface area contributed by atoms with Crippen LogP contribution in [0.3, 0.4) is 0 Å². The molecule has 0 spiro atoms. The maximum absolute atomic E-state index is 13.1. The average molecular weight is 591 g/mol. The van der Waals surface area contributed by atoms with Crippen LogP contribution in [0.5, 0.6) is 0 Å². The first-order valence-electron chi connectivity index (χ1n) is 14.1. The molecule has 0 aliphatic rings. The molecule has 5 rings (SSSR count). The van der Waals surface area contributed by atoms with E-state index in [0.29, 0.717) is 12.1 Å². The van der Waals surface area contributed by atoms with Gasteiger partial charge in [0.1, 0.15) is 11.5 Å². The highest BCUT2D eigenvalue weighted by molar-refractivity contribution is 7.92. The van der Waals surface area contributed by atoms with E-state index in [0.717, 1.165) is 39.5 Å². The number of benzene rings is 4. The van der Waals surface area contributed by atoms with Crippen LogP contribution >= 0.6 is 0 Å². The third kappa shape index (κ3) is 7.21. The first-order chi connectivity index (χ1) is 20.6. The molecule has 0 bridgehead atoms. The van der Waals surface area contributed by atoms with Crippen molar-refractivity contribution < 1.29 is 13.2 Å². The molecule has 218 valence electrons. The van der Waals surface area contributed by atoms with E-state index >= 15 is 0 Å². The predicted octanol–water partition coefficient (Wildman–Crippen LogP) is 8.16. The molecule has 0 saturated carbocycles. The number of carbonyl (C=O) groups is 1. The van der Waals surface area contributed by atoms with Gasteiger partial charge in [0.05, 0.1) is 33.3 Å². The number of rotatable bonds is 10. The van der Waals surface area contributed by atoms with Crippen molar-refractivity contribution >= 4 is 27.0 Å². The highest BCUT2D eigenvalue weighted by atomic mass is 32.2. The number of aryl methyl sites for hydroxylation is 5. The fourth-order valence-corrected chi connectivity index (χ4v) is 6.07. The second kappa shape index (κ2) is 12.7. The van der Waals surface area contributed by atoms with Gasteiger partial charge < -0.3 is 0 Å². The van der Waals surface area contributed by atoms with Crippen LogP contribution in [0.25, 0.3) is 16.9 Å². The van der Waals surface area contributed by atoms with Crippen LogP contribution in [-0.2, 0) is 21.1 Å². The summed E-state index contributed by atoms with van der Waals surface area (Å²) in [6.45, 7) is 8.03. The van der Waals surface area contributed by atoms with Crippen molar-refractivity contribution in [3.8, 4) is 16.9 Å². The maximum atomic E-state index is 13.1. The van der Waals surface area contributed by atoms with Crippen molar-refractivity contribution in [1.29, 1.82) is 0 Å². The Bertz CT molecular complexity index is 1910. The molecule has 0 amide bonds. The smallest absolute Gasteiger partial charge is 0.185 e. The lowest BCUT2D eigenvalue weighted by atomic mass is 10.1. The summed E-state index contributed by atoms with van der Waals surface area (Å²) in [6.07, 6.45) is 0.454. The van der Waals surface area contributed by atoms with Gasteiger partial charge in [0.25, 0.3) is 0 Å². The molecule has 5 aromatic rings. The molecule has 0 aliphatic heterocycles. The fourth-order valence-electron chi connectivity index (χ4n) is 4.78. The SMILES string of the molecule is Cc1ccc(-c2cc(C)nn2-c2ccc(S(=O)(=O)CC(=O)CCc3ccccc3N=Nc3ccc(C)c(C)c3)cc2)cc1. The first kappa shape index (κ1) is 29.8. The largest absolute Gasteiger partial charge is 0.299 e. The van der Waals surface area contributed by atoms with E-state index < -0.39 is 15.6 Å². The van der Waals surface area contributed by atoms with Gasteiger partial charge in [-0.3, -0.25) is 4.79 Å². The number of ketones is 1. The van der Waals surface area contributed by atoms with Crippen molar-refractivity contribution in [3.05, 3.63) is 125 Å². The molecule has 0 unspecified atom stereocenters. The highest BCUT2D eigenvalue weighted by Crippen LogP contribution is 2.27. The van der Waals surface area contributed by atoms with Crippen molar-refractivity contribution in [2.75, 3.05) is 5.75 Å². The molecule has 0 fully saturated rings. The number of sulfone groups is 1. The summed E-state index contributed by atoms with van der Waals surface area (Å²) in [4.78, 5) is 12.9. The van der Waals surface area contributed by atoms with Gasteiger partial charge in [-0.05, 0) is 99.3 Å². The molecule has 0 atom stereocenters. The predicted molar refractivity (Wildman–Crippen MR) is 170 cm³/mol. The van der Waals surface area contributed by atoms with E-state index in [-0.39, 0.29) is 17.1 Å². The molecular weight excluding hydrogens is 556 g/mol. The minimum atomic E-state index is -3.81. The third-order valence-corrected chi connectivity index (χ3v) is 9.09. The maximum Gasteiger partial charge on any atom is 0.185 e. The number of Topliss-reactive ketones (excluding diaryl/α,β-unsaturated/α-hetero) is 1. The Labute approximate surface area is 252 Å². The third-order valence-electron chi connectivity index (χ3n) is 7.40. The molecule has 43 heavy (non-hydrogen) atoms. The Balaban J connectivity index is 1.25. The molecular formula is C35H34N4O3S. The van der Waals surface area contributed by atoms with Gasteiger partial charge in [-0.1, -0.05) is 54.1 Å². The van der Waals surface area contributed by atoms with Crippen molar-refractivity contribution in [2.24, 2.45) is 10.2 Å². The number of aromatic nitrogens is 2. The monoisotopic (exact) mass is 590 g/mol. The lowest BCUT2D eigenvalue weighted by Gasteiger charge is -2.10. The van der Waals surface area contributed by atoms with Crippen LogP contribution in [0.1, 0.15) is 34.4 Å². The van der Waals surface area contributed by atoms with Gasteiger partial charge in [0.15, 0.2) is 9.84 Å². The van der Waals surface area contributed by atoms with Gasteiger partial charge in [-0.25, -0.2) is 13.1 Å². The molecule has 7 nitrogen and oxygen atoms in total. The van der Waals surface area contributed by atoms with Crippen molar-refractivity contribution in [2.45, 2.75) is 45.4 Å². The first-order valence-corrected chi connectivity index (χ1v) is 15.8. The Hall–Kier alpha value is -4.69. The second-order valence-corrected chi connectivity index (χ2v) is 12.8. The van der Waals surface area contributed by atoms with Gasteiger partial charge in [0.2, 0.25) is 0 Å².